The molecule has 0 spiro atoms. The second kappa shape index (κ2) is 5.35. The third kappa shape index (κ3) is 3.96. The van der Waals surface area contributed by atoms with Crippen LogP contribution in [0.2, 0.25) is 0 Å². The van der Waals surface area contributed by atoms with E-state index in [-0.39, 0.29) is 29.4 Å². The minimum Gasteiger partial charge on any atom is -0.352 e. The fourth-order valence-electron chi connectivity index (χ4n) is 2.56. The van der Waals surface area contributed by atoms with Crippen molar-refractivity contribution in [3.8, 4) is 0 Å². The van der Waals surface area contributed by atoms with Gasteiger partial charge in [0.25, 0.3) is 0 Å². The lowest BCUT2D eigenvalue weighted by atomic mass is 10.0. The van der Waals surface area contributed by atoms with E-state index in [2.05, 4.69) is 10.6 Å². The Labute approximate surface area is 102 Å². The van der Waals surface area contributed by atoms with Gasteiger partial charge in [-0.2, -0.15) is 0 Å². The van der Waals surface area contributed by atoms with E-state index in [1.165, 1.54) is 0 Å². The quantitative estimate of drug-likeness (QED) is 0.729. The van der Waals surface area contributed by atoms with Crippen LogP contribution in [0.5, 0.6) is 0 Å². The fraction of sp³-hybridized carbons (Fsp3) is 0.909. The Bertz CT molecular complexity index is 374. The summed E-state index contributed by atoms with van der Waals surface area (Å²) in [5.74, 6) is 0.455. The van der Waals surface area contributed by atoms with E-state index in [0.29, 0.717) is 12.8 Å². The van der Waals surface area contributed by atoms with Gasteiger partial charge >= 0.3 is 0 Å². The van der Waals surface area contributed by atoms with Crippen molar-refractivity contribution in [3.63, 3.8) is 0 Å². The molecule has 2 aliphatic heterocycles. The van der Waals surface area contributed by atoms with Crippen LogP contribution < -0.4 is 10.6 Å². The topological polar surface area (TPSA) is 75.3 Å². The Balaban J connectivity index is 1.74. The summed E-state index contributed by atoms with van der Waals surface area (Å²) in [4.78, 5) is 11.7. The number of carbonyl (C=O) groups is 1. The molecule has 1 unspecified atom stereocenters. The molecule has 2 atom stereocenters. The molecule has 0 aliphatic carbocycles. The van der Waals surface area contributed by atoms with E-state index >= 15 is 0 Å². The van der Waals surface area contributed by atoms with Gasteiger partial charge in [-0.1, -0.05) is 0 Å². The molecule has 98 valence electrons. The van der Waals surface area contributed by atoms with E-state index in [0.717, 1.165) is 25.9 Å². The number of carbonyl (C=O) groups excluding carboxylic acids is 1. The van der Waals surface area contributed by atoms with Crippen LogP contribution in [-0.4, -0.2) is 45.0 Å². The lowest BCUT2D eigenvalue weighted by Crippen LogP contribution is -2.46. The molecule has 2 heterocycles. The van der Waals surface area contributed by atoms with Crippen LogP contribution in [0.1, 0.15) is 25.7 Å². The highest BCUT2D eigenvalue weighted by atomic mass is 32.2. The maximum Gasteiger partial charge on any atom is 0.220 e. The number of nitrogens with one attached hydrogen (secondary N) is 2. The van der Waals surface area contributed by atoms with Gasteiger partial charge in [0.15, 0.2) is 9.84 Å². The molecule has 0 aromatic carbocycles. The van der Waals surface area contributed by atoms with Gasteiger partial charge in [0.1, 0.15) is 0 Å². The highest BCUT2D eigenvalue weighted by Crippen LogP contribution is 2.21. The Morgan fingerprint density at radius 3 is 2.76 bits per heavy atom. The summed E-state index contributed by atoms with van der Waals surface area (Å²) in [5, 5.41) is 6.21. The van der Waals surface area contributed by atoms with E-state index < -0.39 is 9.84 Å². The zero-order valence-corrected chi connectivity index (χ0v) is 10.8. The number of amides is 1. The molecule has 2 fully saturated rings. The lowest BCUT2D eigenvalue weighted by Gasteiger charge is -2.24. The molecule has 17 heavy (non-hydrogen) atoms. The summed E-state index contributed by atoms with van der Waals surface area (Å²) in [6.07, 6.45) is 3.10. The fourth-order valence-corrected chi connectivity index (χ4v) is 4.42. The highest BCUT2D eigenvalue weighted by molar-refractivity contribution is 7.91. The molecular formula is C11H20N2O3S. The van der Waals surface area contributed by atoms with Crippen molar-refractivity contribution in [1.29, 1.82) is 0 Å². The molecule has 2 rings (SSSR count). The molecular weight excluding hydrogens is 240 g/mol. The first kappa shape index (κ1) is 12.8. The Hall–Kier alpha value is -0.620. The molecule has 2 saturated heterocycles. The molecule has 6 heteroatoms. The molecule has 0 radical (unpaired) electrons. The smallest absolute Gasteiger partial charge is 0.220 e. The average molecular weight is 260 g/mol. The van der Waals surface area contributed by atoms with Crippen LogP contribution in [0, 0.1) is 5.92 Å². The number of piperidine rings is 1. The molecule has 2 N–H and O–H groups in total. The van der Waals surface area contributed by atoms with Gasteiger partial charge in [-0.25, -0.2) is 8.42 Å². The highest BCUT2D eigenvalue weighted by Gasteiger charge is 2.29. The normalized spacial score (nSPS) is 32.2. The SMILES string of the molecule is O=C(CC1CCS(=O)(=O)C1)N[C@H]1CCCNC1. The Morgan fingerprint density at radius 2 is 2.18 bits per heavy atom. The second-order valence-corrected chi connectivity index (χ2v) is 7.31. The maximum absolute atomic E-state index is 11.7. The summed E-state index contributed by atoms with van der Waals surface area (Å²) in [6.45, 7) is 1.85. The van der Waals surface area contributed by atoms with Crippen molar-refractivity contribution in [3.05, 3.63) is 0 Å². The predicted molar refractivity (Wildman–Crippen MR) is 65.4 cm³/mol. The van der Waals surface area contributed by atoms with Crippen LogP contribution in [-0.2, 0) is 14.6 Å². The number of rotatable bonds is 3. The van der Waals surface area contributed by atoms with Gasteiger partial charge in [-0.3, -0.25) is 4.79 Å². The minimum atomic E-state index is -2.87. The molecule has 0 aromatic heterocycles. The van der Waals surface area contributed by atoms with Crippen LogP contribution in [0.3, 0.4) is 0 Å². The van der Waals surface area contributed by atoms with Crippen LogP contribution >= 0.6 is 0 Å². The Morgan fingerprint density at radius 1 is 1.35 bits per heavy atom. The van der Waals surface area contributed by atoms with E-state index in [1.807, 2.05) is 0 Å². The van der Waals surface area contributed by atoms with Crippen molar-refractivity contribution in [2.24, 2.45) is 5.92 Å². The Kier molecular flexibility index (Phi) is 4.04. The van der Waals surface area contributed by atoms with Crippen molar-refractivity contribution >= 4 is 15.7 Å². The van der Waals surface area contributed by atoms with Crippen molar-refractivity contribution < 1.29 is 13.2 Å². The number of sulfone groups is 1. The summed E-state index contributed by atoms with van der Waals surface area (Å²) < 4.78 is 22.5. The van der Waals surface area contributed by atoms with E-state index in [4.69, 9.17) is 0 Å². The van der Waals surface area contributed by atoms with Crippen LogP contribution in [0.25, 0.3) is 0 Å². The molecule has 1 amide bonds. The first-order chi connectivity index (χ1) is 8.05. The molecule has 0 bridgehead atoms. The second-order valence-electron chi connectivity index (χ2n) is 5.08. The molecule has 0 saturated carbocycles. The zero-order valence-electron chi connectivity index (χ0n) is 9.94. The van der Waals surface area contributed by atoms with Gasteiger partial charge in [0.05, 0.1) is 11.5 Å². The van der Waals surface area contributed by atoms with Gasteiger partial charge in [-0.05, 0) is 31.7 Å². The summed E-state index contributed by atoms with van der Waals surface area (Å²) in [6, 6.07) is 0.217. The molecule has 2 aliphatic rings. The monoisotopic (exact) mass is 260 g/mol. The maximum atomic E-state index is 11.7. The van der Waals surface area contributed by atoms with Crippen LogP contribution in [0.15, 0.2) is 0 Å². The minimum absolute atomic E-state index is 0.000741. The van der Waals surface area contributed by atoms with E-state index in [9.17, 15) is 13.2 Å². The summed E-state index contributed by atoms with van der Waals surface area (Å²) in [7, 11) is -2.87. The third-order valence-corrected chi connectivity index (χ3v) is 5.30. The number of hydrogen-bond donors (Lipinski definition) is 2. The van der Waals surface area contributed by atoms with Gasteiger partial charge in [0.2, 0.25) is 5.91 Å². The molecule has 5 nitrogen and oxygen atoms in total. The van der Waals surface area contributed by atoms with Gasteiger partial charge in [-0.15, -0.1) is 0 Å². The van der Waals surface area contributed by atoms with Gasteiger partial charge < -0.3 is 10.6 Å². The first-order valence-corrected chi connectivity index (χ1v) is 8.08. The van der Waals surface area contributed by atoms with Crippen molar-refractivity contribution in [1.82, 2.24) is 10.6 Å². The third-order valence-electron chi connectivity index (χ3n) is 3.46. The lowest BCUT2D eigenvalue weighted by molar-refractivity contribution is -0.122. The summed E-state index contributed by atoms with van der Waals surface area (Å²) in [5.41, 5.74) is 0. The average Bonchev–Trinajstić information content (AvgIpc) is 2.59. The zero-order chi connectivity index (χ0) is 12.3. The van der Waals surface area contributed by atoms with Crippen molar-refractivity contribution in [2.75, 3.05) is 24.6 Å². The molecule has 0 aromatic rings. The van der Waals surface area contributed by atoms with E-state index in [1.54, 1.807) is 0 Å². The van der Waals surface area contributed by atoms with Crippen molar-refractivity contribution in [2.45, 2.75) is 31.7 Å². The largest absolute Gasteiger partial charge is 0.352 e. The standard InChI is InChI=1S/C11H20N2O3S/c14-11(13-10-2-1-4-12-7-10)6-9-3-5-17(15,16)8-9/h9-10,12H,1-8H2,(H,13,14)/t9?,10-/m0/s1. The number of hydrogen-bond acceptors (Lipinski definition) is 4. The first-order valence-electron chi connectivity index (χ1n) is 6.26. The summed E-state index contributed by atoms with van der Waals surface area (Å²) >= 11 is 0. The van der Waals surface area contributed by atoms with Crippen LogP contribution in [0.4, 0.5) is 0 Å². The van der Waals surface area contributed by atoms with Gasteiger partial charge in [0, 0.05) is 19.0 Å². The predicted octanol–water partition coefficient (Wildman–Crippen LogP) is -0.321.